The molecule has 0 saturated heterocycles. The quantitative estimate of drug-likeness (QED) is 0.673. The second-order valence-corrected chi connectivity index (χ2v) is 9.16. The van der Waals surface area contributed by atoms with E-state index in [2.05, 4.69) is 20.4 Å². The lowest BCUT2D eigenvalue weighted by Crippen LogP contribution is -2.64. The van der Waals surface area contributed by atoms with Crippen molar-refractivity contribution in [2.24, 2.45) is 28.6 Å². The number of fused-ring (bicyclic) bond motifs is 2. The van der Waals surface area contributed by atoms with Crippen LogP contribution in [0.3, 0.4) is 0 Å². The minimum Gasteiger partial charge on any atom is -0.481 e. The lowest BCUT2D eigenvalue weighted by Gasteiger charge is -2.67. The standard InChI is InChI=1S/C20H32O4/c1-13(2)15-5-9-19-8-4-14(20(24,11-19)12-21)10-16(19)18(15,3)7-6-17(22)23/h14-16,21,24H,1,4-12H2,2-3H3,(H,22,23). The Bertz CT molecular complexity index is 544. The molecule has 6 atom stereocenters. The predicted octanol–water partition coefficient (Wildman–Crippen LogP) is 3.37. The van der Waals surface area contributed by atoms with Gasteiger partial charge in [0.1, 0.15) is 0 Å². The first kappa shape index (κ1) is 17.9. The van der Waals surface area contributed by atoms with Crippen molar-refractivity contribution in [1.82, 2.24) is 0 Å². The highest BCUT2D eigenvalue weighted by Crippen LogP contribution is 2.69. The van der Waals surface area contributed by atoms with E-state index in [1.54, 1.807) is 0 Å². The number of hydrogen-bond acceptors (Lipinski definition) is 3. The monoisotopic (exact) mass is 336 g/mol. The number of carboxylic acid groups (broad SMARTS) is 1. The van der Waals surface area contributed by atoms with Gasteiger partial charge < -0.3 is 15.3 Å². The van der Waals surface area contributed by atoms with Crippen molar-refractivity contribution in [2.75, 3.05) is 6.61 Å². The first-order valence-corrected chi connectivity index (χ1v) is 9.37. The van der Waals surface area contributed by atoms with Crippen molar-refractivity contribution in [3.8, 4) is 0 Å². The van der Waals surface area contributed by atoms with Crippen LogP contribution in [0.4, 0.5) is 0 Å². The number of hydrogen-bond donors (Lipinski definition) is 3. The van der Waals surface area contributed by atoms with Crippen LogP contribution in [0.25, 0.3) is 0 Å². The molecule has 4 aliphatic carbocycles. The normalized spacial score (nSPS) is 47.2. The van der Waals surface area contributed by atoms with E-state index in [9.17, 15) is 20.1 Å². The molecule has 136 valence electrons. The number of aliphatic carboxylic acids is 1. The predicted molar refractivity (Wildman–Crippen MR) is 92.4 cm³/mol. The molecule has 0 radical (unpaired) electrons. The van der Waals surface area contributed by atoms with E-state index in [1.165, 1.54) is 0 Å². The highest BCUT2D eigenvalue weighted by Gasteiger charge is 2.64. The average Bonchev–Trinajstić information content (AvgIpc) is 2.52. The van der Waals surface area contributed by atoms with Crippen LogP contribution in [-0.4, -0.2) is 33.5 Å². The Morgan fingerprint density at radius 1 is 1.29 bits per heavy atom. The molecule has 0 aromatic carbocycles. The highest BCUT2D eigenvalue weighted by atomic mass is 16.4. The lowest BCUT2D eigenvalue weighted by atomic mass is 9.38. The smallest absolute Gasteiger partial charge is 0.303 e. The van der Waals surface area contributed by atoms with Gasteiger partial charge in [-0.2, -0.15) is 0 Å². The van der Waals surface area contributed by atoms with Crippen LogP contribution in [0, 0.1) is 28.6 Å². The van der Waals surface area contributed by atoms with E-state index in [4.69, 9.17) is 0 Å². The van der Waals surface area contributed by atoms with Crippen LogP contribution in [0.2, 0.25) is 0 Å². The number of allylic oxidation sites excluding steroid dienone is 1. The molecule has 4 nitrogen and oxygen atoms in total. The molecule has 0 aromatic rings. The fourth-order valence-electron chi connectivity index (χ4n) is 6.82. The summed E-state index contributed by atoms with van der Waals surface area (Å²) >= 11 is 0. The maximum atomic E-state index is 11.2. The van der Waals surface area contributed by atoms with Crippen molar-refractivity contribution < 1.29 is 20.1 Å². The average molecular weight is 336 g/mol. The number of aliphatic hydroxyl groups excluding tert-OH is 1. The molecular weight excluding hydrogens is 304 g/mol. The Labute approximate surface area is 145 Å². The molecular formula is C20H32O4. The Hall–Kier alpha value is -0.870. The lowest BCUT2D eigenvalue weighted by molar-refractivity contribution is -0.224. The van der Waals surface area contributed by atoms with Crippen LogP contribution in [-0.2, 0) is 4.79 Å². The summed E-state index contributed by atoms with van der Waals surface area (Å²) in [6, 6.07) is 0. The molecule has 2 bridgehead atoms. The second-order valence-electron chi connectivity index (χ2n) is 9.16. The molecule has 0 amide bonds. The molecule has 4 fully saturated rings. The summed E-state index contributed by atoms with van der Waals surface area (Å²) in [5.41, 5.74) is 0.221. The van der Waals surface area contributed by atoms with Gasteiger partial charge in [-0.25, -0.2) is 0 Å². The van der Waals surface area contributed by atoms with E-state index in [1.807, 2.05) is 0 Å². The molecule has 4 rings (SSSR count). The Morgan fingerprint density at radius 2 is 1.96 bits per heavy atom. The molecule has 0 heterocycles. The highest BCUT2D eigenvalue weighted by molar-refractivity contribution is 5.66. The first-order chi connectivity index (χ1) is 11.2. The van der Waals surface area contributed by atoms with Crippen molar-refractivity contribution in [3.05, 3.63) is 12.2 Å². The van der Waals surface area contributed by atoms with Crippen molar-refractivity contribution in [3.63, 3.8) is 0 Å². The number of rotatable bonds is 5. The number of aliphatic hydroxyl groups is 2. The minimum absolute atomic E-state index is 0.0609. The molecule has 1 spiro atoms. The molecule has 24 heavy (non-hydrogen) atoms. The molecule has 3 N–H and O–H groups in total. The zero-order valence-corrected chi connectivity index (χ0v) is 15.1. The molecule has 4 aliphatic rings. The van der Waals surface area contributed by atoms with Gasteiger partial charge in [-0.3, -0.25) is 4.79 Å². The van der Waals surface area contributed by atoms with Crippen molar-refractivity contribution in [1.29, 1.82) is 0 Å². The molecule has 6 unspecified atom stereocenters. The number of carbonyl (C=O) groups is 1. The van der Waals surface area contributed by atoms with E-state index in [-0.39, 0.29) is 29.8 Å². The SMILES string of the molecule is C=C(C)C1CCC23CCC(CC2C1(C)CCC(=O)O)C(O)(CO)C3. The van der Waals surface area contributed by atoms with Gasteiger partial charge in [0.05, 0.1) is 12.2 Å². The van der Waals surface area contributed by atoms with Crippen LogP contribution >= 0.6 is 0 Å². The van der Waals surface area contributed by atoms with Gasteiger partial charge in [-0.15, -0.1) is 0 Å². The summed E-state index contributed by atoms with van der Waals surface area (Å²) < 4.78 is 0. The molecule has 4 saturated carbocycles. The Morgan fingerprint density at radius 3 is 2.54 bits per heavy atom. The summed E-state index contributed by atoms with van der Waals surface area (Å²) in [7, 11) is 0. The fraction of sp³-hybridized carbons (Fsp3) is 0.850. The topological polar surface area (TPSA) is 77.8 Å². The third kappa shape index (κ3) is 2.53. The molecule has 0 aromatic heterocycles. The van der Waals surface area contributed by atoms with Gasteiger partial charge in [0.2, 0.25) is 0 Å². The first-order valence-electron chi connectivity index (χ1n) is 9.37. The van der Waals surface area contributed by atoms with Crippen molar-refractivity contribution in [2.45, 2.75) is 70.8 Å². The summed E-state index contributed by atoms with van der Waals surface area (Å²) in [4.78, 5) is 11.2. The zero-order valence-electron chi connectivity index (χ0n) is 15.1. The summed E-state index contributed by atoms with van der Waals surface area (Å²) in [6.07, 6.45) is 6.64. The van der Waals surface area contributed by atoms with E-state index in [0.29, 0.717) is 24.7 Å². The van der Waals surface area contributed by atoms with Gasteiger partial charge in [-0.05, 0) is 80.5 Å². The van der Waals surface area contributed by atoms with E-state index >= 15 is 0 Å². The van der Waals surface area contributed by atoms with Crippen molar-refractivity contribution >= 4 is 5.97 Å². The number of carboxylic acids is 1. The van der Waals surface area contributed by atoms with Crippen LogP contribution < -0.4 is 0 Å². The van der Waals surface area contributed by atoms with Gasteiger partial charge in [0.15, 0.2) is 0 Å². The summed E-state index contributed by atoms with van der Waals surface area (Å²) in [5, 5.41) is 29.9. The van der Waals surface area contributed by atoms with Gasteiger partial charge in [0.25, 0.3) is 0 Å². The third-order valence-corrected chi connectivity index (χ3v) is 7.94. The second kappa shape index (κ2) is 5.84. The zero-order chi connectivity index (χ0) is 17.8. The third-order valence-electron chi connectivity index (χ3n) is 7.94. The maximum absolute atomic E-state index is 11.2. The van der Waals surface area contributed by atoms with Crippen LogP contribution in [0.15, 0.2) is 12.2 Å². The Balaban J connectivity index is 1.96. The van der Waals surface area contributed by atoms with Crippen LogP contribution in [0.5, 0.6) is 0 Å². The van der Waals surface area contributed by atoms with Gasteiger partial charge in [0, 0.05) is 6.42 Å². The Kier molecular flexibility index (Phi) is 4.37. The molecule has 4 heteroatoms. The van der Waals surface area contributed by atoms with Crippen LogP contribution in [0.1, 0.15) is 65.2 Å². The van der Waals surface area contributed by atoms with Gasteiger partial charge >= 0.3 is 5.97 Å². The van der Waals surface area contributed by atoms with Gasteiger partial charge in [-0.1, -0.05) is 19.1 Å². The maximum Gasteiger partial charge on any atom is 0.303 e. The fourth-order valence-corrected chi connectivity index (χ4v) is 6.82. The minimum atomic E-state index is -0.932. The molecule has 0 aliphatic heterocycles. The largest absolute Gasteiger partial charge is 0.481 e. The summed E-state index contributed by atoms with van der Waals surface area (Å²) in [6.45, 7) is 8.40. The van der Waals surface area contributed by atoms with E-state index < -0.39 is 11.6 Å². The van der Waals surface area contributed by atoms with E-state index in [0.717, 1.165) is 37.7 Å². The summed E-state index contributed by atoms with van der Waals surface area (Å²) in [5.74, 6) is 0.186.